The monoisotopic (exact) mass is 277 g/mol. The van der Waals surface area contributed by atoms with Crippen LogP contribution in [0.3, 0.4) is 0 Å². The van der Waals surface area contributed by atoms with Crippen LogP contribution in [-0.2, 0) is 10.5 Å². The van der Waals surface area contributed by atoms with Crippen LogP contribution in [0, 0.1) is 11.6 Å². The number of alkyl halides is 1. The molecule has 102 valence electrons. The lowest BCUT2D eigenvalue weighted by atomic mass is 9.89. The summed E-state index contributed by atoms with van der Waals surface area (Å²) < 4.78 is 42.5. The summed E-state index contributed by atoms with van der Waals surface area (Å²) in [6, 6.07) is 8.48. The van der Waals surface area contributed by atoms with Gasteiger partial charge in [-0.05, 0) is 24.3 Å². The summed E-state index contributed by atoms with van der Waals surface area (Å²) in [6.45, 7) is 0. The minimum absolute atomic E-state index is 0.0449. The van der Waals surface area contributed by atoms with Crippen molar-refractivity contribution in [2.75, 3.05) is 11.9 Å². The lowest BCUT2D eigenvalue weighted by molar-refractivity contribution is -0.126. The molecule has 0 bridgehead atoms. The number of rotatable bonds is 1. The van der Waals surface area contributed by atoms with Crippen LogP contribution in [0.25, 0.3) is 0 Å². The Morgan fingerprint density at radius 1 is 1.05 bits per heavy atom. The van der Waals surface area contributed by atoms with E-state index >= 15 is 4.39 Å². The highest BCUT2D eigenvalue weighted by Gasteiger charge is 2.53. The Morgan fingerprint density at radius 2 is 1.75 bits per heavy atom. The van der Waals surface area contributed by atoms with Crippen molar-refractivity contribution in [2.45, 2.75) is 5.67 Å². The molecule has 0 saturated carbocycles. The molecule has 1 aliphatic rings. The first-order chi connectivity index (χ1) is 9.46. The first kappa shape index (κ1) is 12.7. The van der Waals surface area contributed by atoms with Crippen molar-refractivity contribution in [3.05, 3.63) is 65.2 Å². The van der Waals surface area contributed by atoms with Gasteiger partial charge in [0.15, 0.2) is 0 Å². The number of hydrogen-bond donors (Lipinski definition) is 0. The van der Waals surface area contributed by atoms with E-state index in [1.54, 1.807) is 0 Å². The number of halogens is 3. The number of amides is 1. The highest BCUT2D eigenvalue weighted by Crippen LogP contribution is 2.47. The molecule has 2 aromatic carbocycles. The molecule has 0 fully saturated rings. The summed E-state index contributed by atoms with van der Waals surface area (Å²) in [5.74, 6) is -2.32. The molecule has 2 aromatic rings. The van der Waals surface area contributed by atoms with Crippen molar-refractivity contribution >= 4 is 11.6 Å². The quantitative estimate of drug-likeness (QED) is 0.784. The molecule has 1 aliphatic heterocycles. The Morgan fingerprint density at radius 3 is 2.45 bits per heavy atom. The molecule has 0 saturated heterocycles. The van der Waals surface area contributed by atoms with Crippen molar-refractivity contribution in [3.63, 3.8) is 0 Å². The molecule has 0 aromatic heterocycles. The van der Waals surface area contributed by atoms with Crippen LogP contribution in [0.4, 0.5) is 18.9 Å². The summed E-state index contributed by atoms with van der Waals surface area (Å²) in [7, 11) is 1.34. The second-order valence-corrected chi connectivity index (χ2v) is 4.66. The molecule has 0 aliphatic carbocycles. The maximum atomic E-state index is 15.3. The number of benzene rings is 2. The minimum atomic E-state index is -2.62. The van der Waals surface area contributed by atoms with E-state index in [1.807, 2.05) is 0 Å². The average molecular weight is 277 g/mol. The van der Waals surface area contributed by atoms with Crippen molar-refractivity contribution in [1.82, 2.24) is 0 Å². The van der Waals surface area contributed by atoms with Crippen LogP contribution in [0.5, 0.6) is 0 Å². The van der Waals surface area contributed by atoms with Crippen molar-refractivity contribution < 1.29 is 18.0 Å². The maximum Gasteiger partial charge on any atom is 0.274 e. The van der Waals surface area contributed by atoms with Gasteiger partial charge in [-0.25, -0.2) is 13.2 Å². The van der Waals surface area contributed by atoms with Crippen LogP contribution in [0.1, 0.15) is 11.1 Å². The van der Waals surface area contributed by atoms with Gasteiger partial charge in [0.2, 0.25) is 5.67 Å². The third-order valence-corrected chi connectivity index (χ3v) is 3.54. The third kappa shape index (κ3) is 1.49. The summed E-state index contributed by atoms with van der Waals surface area (Å²) in [5.41, 5.74) is -2.91. The predicted octanol–water partition coefficient (Wildman–Crippen LogP) is 3.15. The molecule has 1 heterocycles. The first-order valence-corrected chi connectivity index (χ1v) is 5.98. The molecule has 1 atom stereocenters. The normalized spacial score (nSPS) is 21.2. The zero-order chi connectivity index (χ0) is 14.5. The van der Waals surface area contributed by atoms with Crippen molar-refractivity contribution in [3.8, 4) is 0 Å². The lowest BCUT2D eigenvalue weighted by Gasteiger charge is -2.20. The fourth-order valence-electron chi connectivity index (χ4n) is 2.53. The topological polar surface area (TPSA) is 20.3 Å². The predicted molar refractivity (Wildman–Crippen MR) is 68.1 cm³/mol. The van der Waals surface area contributed by atoms with E-state index in [0.29, 0.717) is 0 Å². The van der Waals surface area contributed by atoms with Gasteiger partial charge in [0.25, 0.3) is 5.91 Å². The second-order valence-electron chi connectivity index (χ2n) is 4.66. The van der Waals surface area contributed by atoms with Gasteiger partial charge in [-0.1, -0.05) is 18.2 Å². The number of nitrogens with zero attached hydrogens (tertiary/aromatic N) is 1. The zero-order valence-corrected chi connectivity index (χ0v) is 10.5. The number of carbonyl (C=O) groups is 1. The molecule has 0 spiro atoms. The minimum Gasteiger partial charge on any atom is -0.312 e. The van der Waals surface area contributed by atoms with E-state index in [1.165, 1.54) is 31.3 Å². The van der Waals surface area contributed by atoms with Crippen LogP contribution < -0.4 is 4.90 Å². The van der Waals surface area contributed by atoms with Crippen LogP contribution in [0.15, 0.2) is 42.5 Å². The summed E-state index contributed by atoms with van der Waals surface area (Å²) >= 11 is 0. The van der Waals surface area contributed by atoms with Crippen LogP contribution in [0.2, 0.25) is 0 Å². The number of fused-ring (bicyclic) bond motifs is 1. The molecule has 1 amide bonds. The molecule has 0 radical (unpaired) electrons. The molecule has 3 rings (SSSR count). The fourth-order valence-corrected chi connectivity index (χ4v) is 2.53. The Balaban J connectivity index is 2.30. The summed E-state index contributed by atoms with van der Waals surface area (Å²) in [6.07, 6.45) is 0. The van der Waals surface area contributed by atoms with E-state index in [-0.39, 0.29) is 16.8 Å². The summed E-state index contributed by atoms with van der Waals surface area (Å²) in [4.78, 5) is 13.2. The van der Waals surface area contributed by atoms with Gasteiger partial charge in [0, 0.05) is 18.2 Å². The van der Waals surface area contributed by atoms with E-state index < -0.39 is 23.2 Å². The van der Waals surface area contributed by atoms with Gasteiger partial charge in [0.1, 0.15) is 11.6 Å². The number of anilines is 1. The fraction of sp³-hybridized carbons (Fsp3) is 0.133. The largest absolute Gasteiger partial charge is 0.312 e. The SMILES string of the molecule is CN1C(=O)[C@](F)(c2ccccc2F)c2ccc(F)cc21. The zero-order valence-electron chi connectivity index (χ0n) is 10.5. The third-order valence-electron chi connectivity index (χ3n) is 3.54. The maximum absolute atomic E-state index is 15.3. The average Bonchev–Trinajstić information content (AvgIpc) is 2.62. The smallest absolute Gasteiger partial charge is 0.274 e. The Hall–Kier alpha value is -2.30. The molecule has 0 N–H and O–H groups in total. The molecular formula is C15H10F3NO. The van der Waals surface area contributed by atoms with Gasteiger partial charge in [0.05, 0.1) is 5.69 Å². The van der Waals surface area contributed by atoms with E-state index in [4.69, 9.17) is 0 Å². The van der Waals surface area contributed by atoms with Gasteiger partial charge in [-0.15, -0.1) is 0 Å². The second kappa shape index (κ2) is 4.10. The lowest BCUT2D eigenvalue weighted by Crippen LogP contribution is -2.36. The Kier molecular flexibility index (Phi) is 2.61. The van der Waals surface area contributed by atoms with Gasteiger partial charge >= 0.3 is 0 Å². The van der Waals surface area contributed by atoms with E-state index in [0.717, 1.165) is 23.1 Å². The molecular weight excluding hydrogens is 267 g/mol. The standard InChI is InChI=1S/C15H10F3NO/c1-19-13-8-9(16)6-7-11(13)15(18,14(19)20)10-4-2-3-5-12(10)17/h2-8H,1H3/t15-/m0/s1. The van der Waals surface area contributed by atoms with E-state index in [9.17, 15) is 13.6 Å². The molecule has 5 heteroatoms. The summed E-state index contributed by atoms with van der Waals surface area (Å²) in [5, 5.41) is 0. The number of likely N-dealkylation sites (N-methyl/N-ethyl adjacent to an activating group) is 1. The van der Waals surface area contributed by atoms with E-state index in [2.05, 4.69) is 0 Å². The number of carbonyl (C=O) groups excluding carboxylic acids is 1. The van der Waals surface area contributed by atoms with Crippen molar-refractivity contribution in [1.29, 1.82) is 0 Å². The molecule has 0 unspecified atom stereocenters. The number of hydrogen-bond acceptors (Lipinski definition) is 1. The first-order valence-electron chi connectivity index (χ1n) is 5.98. The highest BCUT2D eigenvalue weighted by atomic mass is 19.1. The van der Waals surface area contributed by atoms with Crippen molar-refractivity contribution in [2.24, 2.45) is 0 Å². The molecule has 20 heavy (non-hydrogen) atoms. The van der Waals surface area contributed by atoms with Gasteiger partial charge < -0.3 is 4.90 Å². The Labute approximate surface area is 113 Å². The van der Waals surface area contributed by atoms with Crippen LogP contribution in [-0.4, -0.2) is 13.0 Å². The van der Waals surface area contributed by atoms with Gasteiger partial charge in [-0.2, -0.15) is 0 Å². The molecule has 2 nitrogen and oxygen atoms in total. The Bertz CT molecular complexity index is 716. The van der Waals surface area contributed by atoms with Gasteiger partial charge in [-0.3, -0.25) is 4.79 Å². The van der Waals surface area contributed by atoms with Crippen LogP contribution >= 0.6 is 0 Å². The highest BCUT2D eigenvalue weighted by molar-refractivity contribution is 6.08.